The minimum atomic E-state index is -0.0355. The first kappa shape index (κ1) is 21.1. The van der Waals surface area contributed by atoms with Gasteiger partial charge in [-0.05, 0) is 55.0 Å². The molecule has 0 bridgehead atoms. The highest BCUT2D eigenvalue weighted by Gasteiger charge is 2.24. The van der Waals surface area contributed by atoms with Crippen molar-refractivity contribution in [3.05, 3.63) is 88.1 Å². The van der Waals surface area contributed by atoms with Gasteiger partial charge in [-0.1, -0.05) is 36.4 Å². The molecule has 31 heavy (non-hydrogen) atoms. The van der Waals surface area contributed by atoms with Crippen molar-refractivity contribution < 1.29 is 9.59 Å². The molecule has 1 fully saturated rings. The highest BCUT2D eigenvalue weighted by molar-refractivity contribution is 7.09. The van der Waals surface area contributed by atoms with Gasteiger partial charge in [0.25, 0.3) is 11.8 Å². The Bertz CT molecular complexity index is 997. The Balaban J connectivity index is 1.32. The van der Waals surface area contributed by atoms with Crippen LogP contribution in [0.3, 0.4) is 0 Å². The summed E-state index contributed by atoms with van der Waals surface area (Å²) in [7, 11) is 0. The molecule has 0 atom stereocenters. The molecular formula is C25H27N3O2S. The van der Waals surface area contributed by atoms with Crippen LogP contribution in [-0.2, 0) is 6.42 Å². The quantitative estimate of drug-likeness (QED) is 0.589. The van der Waals surface area contributed by atoms with E-state index in [0.29, 0.717) is 17.7 Å². The fourth-order valence-corrected chi connectivity index (χ4v) is 4.62. The van der Waals surface area contributed by atoms with E-state index < -0.39 is 0 Å². The third kappa shape index (κ3) is 5.52. The summed E-state index contributed by atoms with van der Waals surface area (Å²) in [4.78, 5) is 28.7. The van der Waals surface area contributed by atoms with Crippen LogP contribution in [0.4, 0.5) is 5.69 Å². The minimum Gasteiger partial charge on any atom is -0.371 e. The van der Waals surface area contributed by atoms with Crippen molar-refractivity contribution in [2.75, 3.05) is 24.5 Å². The van der Waals surface area contributed by atoms with Crippen molar-refractivity contribution in [1.29, 1.82) is 0 Å². The first-order chi connectivity index (χ1) is 15.2. The highest BCUT2D eigenvalue weighted by Crippen LogP contribution is 2.24. The third-order valence-electron chi connectivity index (χ3n) is 5.59. The fourth-order valence-electron chi connectivity index (χ4n) is 3.91. The molecule has 0 saturated carbocycles. The summed E-state index contributed by atoms with van der Waals surface area (Å²) in [5.74, 6) is -0.0590. The number of amides is 2. The zero-order chi connectivity index (χ0) is 21.5. The van der Waals surface area contributed by atoms with Crippen LogP contribution in [0.1, 0.15) is 38.4 Å². The van der Waals surface area contributed by atoms with E-state index in [0.717, 1.165) is 38.0 Å². The summed E-state index contributed by atoms with van der Waals surface area (Å²) < 4.78 is 0. The van der Waals surface area contributed by atoms with Crippen LogP contribution in [-0.4, -0.2) is 37.5 Å². The number of nitrogens with one attached hydrogen (secondary N) is 2. The summed E-state index contributed by atoms with van der Waals surface area (Å²) in [5, 5.41) is 8.25. The van der Waals surface area contributed by atoms with Crippen LogP contribution in [0.15, 0.2) is 72.1 Å². The monoisotopic (exact) mass is 433 g/mol. The molecule has 1 saturated heterocycles. The number of benzene rings is 2. The number of para-hydroxylation sites is 1. The van der Waals surface area contributed by atoms with E-state index in [9.17, 15) is 9.59 Å². The number of hydrogen-bond acceptors (Lipinski definition) is 4. The molecule has 2 aromatic carbocycles. The maximum absolute atomic E-state index is 12.8. The molecule has 5 nitrogen and oxygen atoms in total. The van der Waals surface area contributed by atoms with Crippen LogP contribution in [0.25, 0.3) is 0 Å². The molecule has 0 radical (unpaired) electrons. The van der Waals surface area contributed by atoms with E-state index in [1.807, 2.05) is 60.7 Å². The average Bonchev–Trinajstić information content (AvgIpc) is 3.34. The van der Waals surface area contributed by atoms with Crippen molar-refractivity contribution in [1.82, 2.24) is 10.6 Å². The molecule has 2 heterocycles. The Morgan fingerprint density at radius 1 is 0.903 bits per heavy atom. The molecule has 4 rings (SSSR count). The predicted molar refractivity (Wildman–Crippen MR) is 126 cm³/mol. The zero-order valence-electron chi connectivity index (χ0n) is 17.4. The Morgan fingerprint density at radius 3 is 2.39 bits per heavy atom. The minimum absolute atomic E-state index is 0.0235. The number of carbonyl (C=O) groups is 2. The van der Waals surface area contributed by atoms with Crippen molar-refractivity contribution >= 4 is 28.8 Å². The van der Waals surface area contributed by atoms with Gasteiger partial charge in [-0.3, -0.25) is 9.59 Å². The largest absolute Gasteiger partial charge is 0.371 e. The lowest BCUT2D eigenvalue weighted by Gasteiger charge is -2.35. The number of thiophene rings is 1. The Hall–Kier alpha value is -3.12. The van der Waals surface area contributed by atoms with Crippen LogP contribution in [0.2, 0.25) is 0 Å². The molecule has 1 aliphatic rings. The first-order valence-electron chi connectivity index (χ1n) is 10.7. The smallest absolute Gasteiger partial charge is 0.253 e. The van der Waals surface area contributed by atoms with Crippen molar-refractivity contribution in [3.63, 3.8) is 0 Å². The fraction of sp³-hybridized carbons (Fsp3) is 0.280. The van der Waals surface area contributed by atoms with E-state index in [-0.39, 0.29) is 17.9 Å². The molecule has 2 N–H and O–H groups in total. The summed E-state index contributed by atoms with van der Waals surface area (Å²) in [6.07, 6.45) is 2.55. The molecule has 1 aromatic heterocycles. The maximum atomic E-state index is 12.8. The Kier molecular flexibility index (Phi) is 6.99. The Labute approximate surface area is 187 Å². The van der Waals surface area contributed by atoms with Crippen molar-refractivity contribution in [2.45, 2.75) is 25.3 Å². The van der Waals surface area contributed by atoms with E-state index in [2.05, 4.69) is 27.0 Å². The summed E-state index contributed by atoms with van der Waals surface area (Å²) in [6.45, 7) is 2.24. The molecular weight excluding hydrogens is 406 g/mol. The van der Waals surface area contributed by atoms with Crippen molar-refractivity contribution in [2.24, 2.45) is 0 Å². The van der Waals surface area contributed by atoms with Crippen LogP contribution in [0, 0.1) is 0 Å². The van der Waals surface area contributed by atoms with Gasteiger partial charge in [0.1, 0.15) is 0 Å². The van der Waals surface area contributed by atoms with Crippen LogP contribution < -0.4 is 15.5 Å². The lowest BCUT2D eigenvalue weighted by atomic mass is 10.0. The summed E-state index contributed by atoms with van der Waals surface area (Å²) in [5.41, 5.74) is 2.36. The SMILES string of the molecule is O=C(NC1CCN(c2ccccc2C(=O)NCCc2cccs2)CC1)c1ccccc1. The Morgan fingerprint density at radius 2 is 1.65 bits per heavy atom. The number of hydrogen-bond donors (Lipinski definition) is 2. The summed E-state index contributed by atoms with van der Waals surface area (Å²) >= 11 is 1.71. The number of anilines is 1. The molecule has 160 valence electrons. The topological polar surface area (TPSA) is 61.4 Å². The van der Waals surface area contributed by atoms with E-state index >= 15 is 0 Å². The van der Waals surface area contributed by atoms with Gasteiger partial charge in [0.2, 0.25) is 0 Å². The predicted octanol–water partition coefficient (Wildman–Crippen LogP) is 4.12. The van der Waals surface area contributed by atoms with E-state index in [1.54, 1.807) is 11.3 Å². The highest BCUT2D eigenvalue weighted by atomic mass is 32.1. The van der Waals surface area contributed by atoms with Gasteiger partial charge >= 0.3 is 0 Å². The molecule has 2 amide bonds. The van der Waals surface area contributed by atoms with Gasteiger partial charge in [0, 0.05) is 41.8 Å². The second-order valence-electron chi connectivity index (χ2n) is 7.70. The van der Waals surface area contributed by atoms with Crippen molar-refractivity contribution in [3.8, 4) is 0 Å². The van der Waals surface area contributed by atoms with Gasteiger partial charge < -0.3 is 15.5 Å². The first-order valence-corrected chi connectivity index (χ1v) is 11.6. The molecule has 0 unspecified atom stereocenters. The molecule has 0 spiro atoms. The van der Waals surface area contributed by atoms with E-state index in [1.165, 1.54) is 4.88 Å². The molecule has 6 heteroatoms. The second kappa shape index (κ2) is 10.3. The van der Waals surface area contributed by atoms with E-state index in [4.69, 9.17) is 0 Å². The van der Waals surface area contributed by atoms with Crippen LogP contribution in [0.5, 0.6) is 0 Å². The van der Waals surface area contributed by atoms with Gasteiger partial charge in [-0.2, -0.15) is 0 Å². The van der Waals surface area contributed by atoms with Crippen LogP contribution >= 0.6 is 11.3 Å². The van der Waals surface area contributed by atoms with Gasteiger partial charge in [-0.25, -0.2) is 0 Å². The normalized spacial score (nSPS) is 14.3. The maximum Gasteiger partial charge on any atom is 0.253 e. The van der Waals surface area contributed by atoms with Gasteiger partial charge in [0.05, 0.1) is 5.56 Å². The number of nitrogens with zero attached hydrogens (tertiary/aromatic N) is 1. The second-order valence-corrected chi connectivity index (χ2v) is 8.74. The van der Waals surface area contributed by atoms with Gasteiger partial charge in [0.15, 0.2) is 0 Å². The lowest BCUT2D eigenvalue weighted by molar-refractivity contribution is 0.0929. The standard InChI is InChI=1S/C25H27N3O2S/c29-24(19-7-2-1-3-8-19)27-20-13-16-28(17-14-20)23-11-5-4-10-22(23)25(30)26-15-12-21-9-6-18-31-21/h1-11,18,20H,12-17H2,(H,26,30)(H,27,29). The zero-order valence-corrected chi connectivity index (χ0v) is 18.2. The average molecular weight is 434 g/mol. The summed E-state index contributed by atoms with van der Waals surface area (Å²) in [6, 6.07) is 21.4. The van der Waals surface area contributed by atoms with Gasteiger partial charge in [-0.15, -0.1) is 11.3 Å². The number of piperidine rings is 1. The lowest BCUT2D eigenvalue weighted by Crippen LogP contribution is -2.45. The molecule has 1 aliphatic heterocycles. The number of rotatable bonds is 7. The third-order valence-corrected chi connectivity index (χ3v) is 6.53. The molecule has 0 aliphatic carbocycles. The molecule has 3 aromatic rings. The number of carbonyl (C=O) groups excluding carboxylic acids is 2.